The first kappa shape index (κ1) is 16.5. The van der Waals surface area contributed by atoms with Crippen molar-refractivity contribution in [3.05, 3.63) is 34.3 Å². The van der Waals surface area contributed by atoms with Crippen LogP contribution in [0.3, 0.4) is 0 Å². The fraction of sp³-hybridized carbons (Fsp3) is 0.562. The van der Waals surface area contributed by atoms with Gasteiger partial charge in [-0.05, 0) is 57.0 Å². The van der Waals surface area contributed by atoms with Crippen molar-refractivity contribution >= 4 is 21.8 Å². The van der Waals surface area contributed by atoms with Crippen molar-refractivity contribution in [2.45, 2.75) is 25.3 Å². The maximum absolute atomic E-state index is 12.7. The molecule has 0 aliphatic carbocycles. The third-order valence-electron chi connectivity index (χ3n) is 4.28. The van der Waals surface area contributed by atoms with Gasteiger partial charge in [0, 0.05) is 17.6 Å². The molecule has 1 fully saturated rings. The molecule has 3 N–H and O–H groups in total. The van der Waals surface area contributed by atoms with Crippen molar-refractivity contribution in [1.29, 1.82) is 0 Å². The number of likely N-dealkylation sites (tertiary alicyclic amines) is 1. The highest BCUT2D eigenvalue weighted by atomic mass is 79.9. The number of carbonyl (C=O) groups excluding carboxylic acids is 1. The second-order valence-corrected chi connectivity index (χ2v) is 6.92. The highest BCUT2D eigenvalue weighted by Gasteiger charge is 2.35. The van der Waals surface area contributed by atoms with Crippen LogP contribution in [-0.4, -0.2) is 37.5 Å². The van der Waals surface area contributed by atoms with Crippen LogP contribution in [0.25, 0.3) is 0 Å². The van der Waals surface area contributed by atoms with E-state index in [0.717, 1.165) is 42.5 Å². The highest BCUT2D eigenvalue weighted by Crippen LogP contribution is 2.25. The minimum Gasteiger partial charge on any atom is -0.341 e. The molecule has 0 saturated carbocycles. The Morgan fingerprint density at radius 2 is 1.95 bits per heavy atom. The number of hydrogen-bond donors (Lipinski definition) is 2. The Morgan fingerprint density at radius 3 is 2.48 bits per heavy atom. The molecule has 1 atom stereocenters. The molecular weight excluding hydrogens is 330 g/mol. The second-order valence-electron chi connectivity index (χ2n) is 6.00. The van der Waals surface area contributed by atoms with Crippen LogP contribution < -0.4 is 11.1 Å². The van der Waals surface area contributed by atoms with Gasteiger partial charge in [0.25, 0.3) is 0 Å². The zero-order chi connectivity index (χ0) is 15.5. The van der Waals surface area contributed by atoms with Crippen LogP contribution >= 0.6 is 15.9 Å². The maximum Gasteiger partial charge on any atom is 0.246 e. The molecule has 1 aliphatic rings. The molecule has 4 nitrogen and oxygen atoms in total. The normalized spacial score (nSPS) is 19.3. The van der Waals surface area contributed by atoms with Crippen molar-refractivity contribution in [2.75, 3.05) is 26.7 Å². The average Bonchev–Trinajstić information content (AvgIpc) is 2.48. The molecular formula is C16H24BrN3O. The monoisotopic (exact) mass is 353 g/mol. The number of piperidine rings is 1. The summed E-state index contributed by atoms with van der Waals surface area (Å²) < 4.78 is 0.988. The van der Waals surface area contributed by atoms with Crippen LogP contribution in [0.2, 0.25) is 0 Å². The number of nitrogens with zero attached hydrogens (tertiary/aromatic N) is 1. The van der Waals surface area contributed by atoms with Crippen LogP contribution in [0.5, 0.6) is 0 Å². The van der Waals surface area contributed by atoms with Crippen molar-refractivity contribution in [3.63, 3.8) is 0 Å². The fourth-order valence-electron chi connectivity index (χ4n) is 2.88. The third kappa shape index (κ3) is 3.84. The zero-order valence-electron chi connectivity index (χ0n) is 12.7. The van der Waals surface area contributed by atoms with E-state index in [9.17, 15) is 4.79 Å². The van der Waals surface area contributed by atoms with Crippen LogP contribution in [0.15, 0.2) is 28.7 Å². The van der Waals surface area contributed by atoms with Gasteiger partial charge in [0.15, 0.2) is 0 Å². The van der Waals surface area contributed by atoms with Gasteiger partial charge in [0.2, 0.25) is 5.91 Å². The van der Waals surface area contributed by atoms with Crippen LogP contribution in [0.4, 0.5) is 0 Å². The Bertz CT molecular complexity index is 479. The van der Waals surface area contributed by atoms with Crippen molar-refractivity contribution in [2.24, 2.45) is 11.7 Å². The molecule has 1 heterocycles. The summed E-state index contributed by atoms with van der Waals surface area (Å²) in [6, 6.07) is 7.67. The van der Waals surface area contributed by atoms with E-state index in [4.69, 9.17) is 5.73 Å². The van der Waals surface area contributed by atoms with Gasteiger partial charge < -0.3 is 16.0 Å². The minimum atomic E-state index is -0.962. The molecule has 1 saturated heterocycles. The second kappa shape index (κ2) is 6.90. The number of benzene rings is 1. The van der Waals surface area contributed by atoms with E-state index < -0.39 is 5.54 Å². The smallest absolute Gasteiger partial charge is 0.246 e. The van der Waals surface area contributed by atoms with E-state index in [1.165, 1.54) is 0 Å². The lowest BCUT2D eigenvalue weighted by Crippen LogP contribution is -2.53. The standard InChI is InChI=1S/C16H24BrN3O/c1-16(18,13-3-5-14(17)6-4-13)15(21)20-9-7-12(8-10-20)11-19-2/h3-6,12,19H,7-11,18H2,1-2H3. The van der Waals surface area contributed by atoms with E-state index in [0.29, 0.717) is 5.92 Å². The number of nitrogens with one attached hydrogen (secondary N) is 1. The Kier molecular flexibility index (Phi) is 5.41. The SMILES string of the molecule is CNCC1CCN(C(=O)C(C)(N)c2ccc(Br)cc2)CC1. The number of hydrogen-bond acceptors (Lipinski definition) is 3. The fourth-order valence-corrected chi connectivity index (χ4v) is 3.14. The Balaban J connectivity index is 2.03. The van der Waals surface area contributed by atoms with Crippen molar-refractivity contribution in [3.8, 4) is 0 Å². The molecule has 1 unspecified atom stereocenters. The summed E-state index contributed by atoms with van der Waals surface area (Å²) in [6.07, 6.45) is 2.09. The first-order valence-electron chi connectivity index (χ1n) is 7.44. The van der Waals surface area contributed by atoms with Crippen LogP contribution in [-0.2, 0) is 10.3 Å². The first-order valence-corrected chi connectivity index (χ1v) is 8.23. The number of halogens is 1. The third-order valence-corrected chi connectivity index (χ3v) is 4.81. The summed E-state index contributed by atoms with van der Waals surface area (Å²) in [6.45, 7) is 4.43. The van der Waals surface area contributed by atoms with E-state index >= 15 is 0 Å². The molecule has 0 spiro atoms. The van der Waals surface area contributed by atoms with Crippen LogP contribution in [0, 0.1) is 5.92 Å². The summed E-state index contributed by atoms with van der Waals surface area (Å²) in [5.74, 6) is 0.684. The zero-order valence-corrected chi connectivity index (χ0v) is 14.3. The van der Waals surface area contributed by atoms with E-state index in [2.05, 4.69) is 21.2 Å². The minimum absolute atomic E-state index is 0.0210. The van der Waals surface area contributed by atoms with Gasteiger partial charge in [-0.15, -0.1) is 0 Å². The predicted molar refractivity (Wildman–Crippen MR) is 88.9 cm³/mol. The van der Waals surface area contributed by atoms with E-state index in [1.54, 1.807) is 6.92 Å². The summed E-state index contributed by atoms with van der Waals surface area (Å²) in [5.41, 5.74) is 6.23. The van der Waals surface area contributed by atoms with Gasteiger partial charge in [0.1, 0.15) is 5.54 Å². The van der Waals surface area contributed by atoms with Gasteiger partial charge in [-0.1, -0.05) is 28.1 Å². The quantitative estimate of drug-likeness (QED) is 0.871. The average molecular weight is 354 g/mol. The summed E-state index contributed by atoms with van der Waals surface area (Å²) in [7, 11) is 1.97. The maximum atomic E-state index is 12.7. The van der Waals surface area contributed by atoms with Gasteiger partial charge in [-0.25, -0.2) is 0 Å². The lowest BCUT2D eigenvalue weighted by Gasteiger charge is -2.37. The Hall–Kier alpha value is -0.910. The number of rotatable bonds is 4. The van der Waals surface area contributed by atoms with Gasteiger partial charge in [-0.3, -0.25) is 4.79 Å². The molecule has 5 heteroatoms. The summed E-state index contributed by atoms with van der Waals surface area (Å²) in [5, 5.41) is 3.21. The summed E-state index contributed by atoms with van der Waals surface area (Å²) >= 11 is 3.41. The molecule has 1 aliphatic heterocycles. The number of amides is 1. The highest BCUT2D eigenvalue weighted by molar-refractivity contribution is 9.10. The molecule has 21 heavy (non-hydrogen) atoms. The Labute approximate surface area is 135 Å². The molecule has 0 radical (unpaired) electrons. The molecule has 2 rings (SSSR count). The lowest BCUT2D eigenvalue weighted by molar-refractivity contribution is -0.138. The van der Waals surface area contributed by atoms with E-state index in [1.807, 2.05) is 36.2 Å². The molecule has 1 aromatic rings. The topological polar surface area (TPSA) is 58.4 Å². The molecule has 1 aromatic carbocycles. The number of carbonyl (C=O) groups is 1. The molecule has 1 amide bonds. The largest absolute Gasteiger partial charge is 0.341 e. The first-order chi connectivity index (χ1) is 9.95. The Morgan fingerprint density at radius 1 is 1.38 bits per heavy atom. The summed E-state index contributed by atoms with van der Waals surface area (Å²) in [4.78, 5) is 14.7. The predicted octanol–water partition coefficient (Wildman–Crippen LogP) is 2.08. The van der Waals surface area contributed by atoms with Crippen molar-refractivity contribution < 1.29 is 4.79 Å². The molecule has 116 valence electrons. The lowest BCUT2D eigenvalue weighted by atomic mass is 9.89. The van der Waals surface area contributed by atoms with E-state index in [-0.39, 0.29) is 5.91 Å². The molecule has 0 bridgehead atoms. The van der Waals surface area contributed by atoms with Crippen molar-refractivity contribution in [1.82, 2.24) is 10.2 Å². The number of nitrogens with two attached hydrogens (primary N) is 1. The van der Waals surface area contributed by atoms with Crippen LogP contribution in [0.1, 0.15) is 25.3 Å². The molecule has 0 aromatic heterocycles. The van der Waals surface area contributed by atoms with Gasteiger partial charge >= 0.3 is 0 Å². The van der Waals surface area contributed by atoms with Gasteiger partial charge in [0.05, 0.1) is 0 Å². The van der Waals surface area contributed by atoms with Gasteiger partial charge in [-0.2, -0.15) is 0 Å².